The van der Waals surface area contributed by atoms with Crippen LogP contribution in [0.1, 0.15) is 90.9 Å². The van der Waals surface area contributed by atoms with Crippen molar-refractivity contribution in [1.82, 2.24) is 0 Å². The van der Waals surface area contributed by atoms with Gasteiger partial charge in [-0.25, -0.2) is 0 Å². The zero-order valence-corrected chi connectivity index (χ0v) is 14.1. The third-order valence-corrected chi connectivity index (χ3v) is 4.69. The summed E-state index contributed by atoms with van der Waals surface area (Å²) in [5.74, 6) is 0. The molecule has 0 bridgehead atoms. The minimum absolute atomic E-state index is 0.577. The molecule has 0 radical (unpaired) electrons. The van der Waals surface area contributed by atoms with Gasteiger partial charge in [0.15, 0.2) is 6.16 Å². The first-order chi connectivity index (χ1) is 9.31. The van der Waals surface area contributed by atoms with E-state index in [4.69, 9.17) is 4.52 Å². The molecule has 0 aromatic heterocycles. The van der Waals surface area contributed by atoms with E-state index in [0.29, 0.717) is 6.61 Å². The highest BCUT2D eigenvalue weighted by Crippen LogP contribution is 2.24. The van der Waals surface area contributed by atoms with Crippen LogP contribution in [0.25, 0.3) is 0 Å². The quantitative estimate of drug-likeness (QED) is 0.255. The average molecular weight is 289 g/mol. The van der Waals surface area contributed by atoms with E-state index in [9.17, 15) is 4.57 Å². The molecule has 114 valence electrons. The molecule has 2 nitrogen and oxygen atoms in total. The summed E-state index contributed by atoms with van der Waals surface area (Å²) >= 11 is 0. The normalized spacial score (nSPS) is 11.8. The van der Waals surface area contributed by atoms with E-state index < -0.39 is 8.03 Å². The molecular formula is C16H34O2P+. The highest BCUT2D eigenvalue weighted by molar-refractivity contribution is 7.39. The summed E-state index contributed by atoms with van der Waals surface area (Å²) in [7, 11) is -1.37. The van der Waals surface area contributed by atoms with Gasteiger partial charge in [-0.15, -0.1) is 4.52 Å². The zero-order valence-electron chi connectivity index (χ0n) is 13.2. The number of hydrogen-bond acceptors (Lipinski definition) is 2. The summed E-state index contributed by atoms with van der Waals surface area (Å²) in [5.41, 5.74) is 0. The number of hydrogen-bond donors (Lipinski definition) is 0. The summed E-state index contributed by atoms with van der Waals surface area (Å²) in [6, 6.07) is 0. The maximum atomic E-state index is 11.3. The monoisotopic (exact) mass is 289 g/mol. The van der Waals surface area contributed by atoms with Crippen molar-refractivity contribution < 1.29 is 9.09 Å². The molecule has 0 aliphatic rings. The largest absolute Gasteiger partial charge is 0.508 e. The van der Waals surface area contributed by atoms with Gasteiger partial charge in [-0.1, -0.05) is 71.1 Å². The molecule has 0 fully saturated rings. The van der Waals surface area contributed by atoms with Crippen molar-refractivity contribution in [3.8, 4) is 0 Å². The maximum Gasteiger partial charge on any atom is 0.508 e. The fraction of sp³-hybridized carbons (Fsp3) is 1.00. The Morgan fingerprint density at radius 3 is 1.53 bits per heavy atom. The first-order valence-electron chi connectivity index (χ1n) is 8.38. The average Bonchev–Trinajstić information content (AvgIpc) is 2.40. The Kier molecular flexibility index (Phi) is 16.2. The van der Waals surface area contributed by atoms with Crippen LogP contribution < -0.4 is 0 Å². The lowest BCUT2D eigenvalue weighted by Crippen LogP contribution is -1.86. The van der Waals surface area contributed by atoms with Crippen molar-refractivity contribution in [3.05, 3.63) is 0 Å². The van der Waals surface area contributed by atoms with Crippen LogP contribution in [0.2, 0.25) is 0 Å². The standard InChI is InChI=1S/C16H34O2P/c1-3-5-6-7-8-9-10-11-12-13-14-15-16-19(17)18-4-2/h3-16H2,1-2H3/q+1. The van der Waals surface area contributed by atoms with E-state index >= 15 is 0 Å². The molecule has 0 saturated carbocycles. The second-order valence-electron chi connectivity index (χ2n) is 5.36. The zero-order chi connectivity index (χ0) is 14.2. The molecule has 0 aliphatic heterocycles. The van der Waals surface area contributed by atoms with Gasteiger partial charge in [0.2, 0.25) is 0 Å². The summed E-state index contributed by atoms with van der Waals surface area (Å²) in [4.78, 5) is 0. The van der Waals surface area contributed by atoms with Crippen LogP contribution in [0.15, 0.2) is 0 Å². The van der Waals surface area contributed by atoms with Crippen LogP contribution >= 0.6 is 8.03 Å². The van der Waals surface area contributed by atoms with Gasteiger partial charge in [0.05, 0.1) is 6.61 Å². The third-order valence-electron chi connectivity index (χ3n) is 3.47. The third kappa shape index (κ3) is 16.0. The smallest absolute Gasteiger partial charge is 0.147 e. The van der Waals surface area contributed by atoms with Gasteiger partial charge < -0.3 is 0 Å². The van der Waals surface area contributed by atoms with Crippen molar-refractivity contribution in [3.63, 3.8) is 0 Å². The lowest BCUT2D eigenvalue weighted by Gasteiger charge is -2.01. The van der Waals surface area contributed by atoms with Gasteiger partial charge in [-0.2, -0.15) is 0 Å². The Morgan fingerprint density at radius 2 is 1.11 bits per heavy atom. The van der Waals surface area contributed by atoms with Crippen molar-refractivity contribution in [1.29, 1.82) is 0 Å². The fourth-order valence-corrected chi connectivity index (χ4v) is 3.19. The molecule has 1 unspecified atom stereocenters. The Labute approximate surface area is 121 Å². The SMILES string of the molecule is CCCCCCCCCCCCCC[P+](=O)OCC. The van der Waals surface area contributed by atoms with Crippen LogP contribution in [-0.4, -0.2) is 12.8 Å². The lowest BCUT2D eigenvalue weighted by molar-refractivity contribution is 0.349. The molecule has 0 aliphatic carbocycles. The van der Waals surface area contributed by atoms with Gasteiger partial charge in [0.1, 0.15) is 0 Å². The predicted octanol–water partition coefficient (Wildman–Crippen LogP) is 6.47. The molecule has 0 aromatic rings. The lowest BCUT2D eigenvalue weighted by atomic mass is 10.1. The van der Waals surface area contributed by atoms with Crippen molar-refractivity contribution in [2.45, 2.75) is 90.9 Å². The maximum absolute atomic E-state index is 11.3. The highest BCUT2D eigenvalue weighted by Gasteiger charge is 2.14. The minimum atomic E-state index is -1.37. The van der Waals surface area contributed by atoms with Crippen molar-refractivity contribution in [2.75, 3.05) is 12.8 Å². The summed E-state index contributed by atoms with van der Waals surface area (Å²) < 4.78 is 16.3. The molecule has 0 amide bonds. The highest BCUT2D eigenvalue weighted by atomic mass is 31.1. The molecular weight excluding hydrogens is 255 g/mol. The topological polar surface area (TPSA) is 26.3 Å². The summed E-state index contributed by atoms with van der Waals surface area (Å²) in [6.45, 7) is 4.74. The first kappa shape index (κ1) is 19.1. The minimum Gasteiger partial charge on any atom is -0.147 e. The Balaban J connectivity index is 3.01. The molecule has 0 N–H and O–H groups in total. The molecule has 0 spiro atoms. The van der Waals surface area contributed by atoms with E-state index in [2.05, 4.69) is 6.92 Å². The fourth-order valence-electron chi connectivity index (χ4n) is 2.29. The van der Waals surface area contributed by atoms with Crippen LogP contribution in [0, 0.1) is 0 Å². The molecule has 3 heteroatoms. The van der Waals surface area contributed by atoms with E-state index in [1.165, 1.54) is 70.6 Å². The van der Waals surface area contributed by atoms with Gasteiger partial charge in [-0.05, 0) is 24.3 Å². The first-order valence-corrected chi connectivity index (χ1v) is 9.75. The Hall–Kier alpha value is 0.0600. The van der Waals surface area contributed by atoms with E-state index in [0.717, 1.165) is 12.6 Å². The van der Waals surface area contributed by atoms with Gasteiger partial charge in [0.25, 0.3) is 0 Å². The van der Waals surface area contributed by atoms with Crippen molar-refractivity contribution in [2.24, 2.45) is 0 Å². The molecule has 0 aromatic carbocycles. The number of rotatable bonds is 15. The van der Waals surface area contributed by atoms with E-state index in [1.807, 2.05) is 6.92 Å². The summed E-state index contributed by atoms with van der Waals surface area (Å²) in [6.07, 6.45) is 16.9. The van der Waals surface area contributed by atoms with Gasteiger partial charge >= 0.3 is 8.03 Å². The van der Waals surface area contributed by atoms with Crippen LogP contribution in [0.3, 0.4) is 0 Å². The Morgan fingerprint density at radius 1 is 0.684 bits per heavy atom. The number of unbranched alkanes of at least 4 members (excludes halogenated alkanes) is 11. The van der Waals surface area contributed by atoms with Crippen LogP contribution in [0.4, 0.5) is 0 Å². The molecule has 19 heavy (non-hydrogen) atoms. The Bertz CT molecular complexity index is 195. The molecule has 1 atom stereocenters. The van der Waals surface area contributed by atoms with Gasteiger partial charge in [0, 0.05) is 0 Å². The van der Waals surface area contributed by atoms with Crippen LogP contribution in [0.5, 0.6) is 0 Å². The van der Waals surface area contributed by atoms with E-state index in [1.54, 1.807) is 0 Å². The molecule has 0 saturated heterocycles. The van der Waals surface area contributed by atoms with Crippen LogP contribution in [-0.2, 0) is 9.09 Å². The second-order valence-corrected chi connectivity index (χ2v) is 6.73. The predicted molar refractivity (Wildman–Crippen MR) is 85.2 cm³/mol. The summed E-state index contributed by atoms with van der Waals surface area (Å²) in [5, 5.41) is 0. The second kappa shape index (κ2) is 16.1. The van der Waals surface area contributed by atoms with Crippen molar-refractivity contribution >= 4 is 8.03 Å². The van der Waals surface area contributed by atoms with E-state index in [-0.39, 0.29) is 0 Å². The van der Waals surface area contributed by atoms with Gasteiger partial charge in [-0.3, -0.25) is 0 Å². The molecule has 0 heterocycles. The molecule has 0 rings (SSSR count).